The van der Waals surface area contributed by atoms with Crippen LogP contribution in [0.15, 0.2) is 206 Å². The van der Waals surface area contributed by atoms with Crippen molar-refractivity contribution in [2.75, 3.05) is 52.9 Å². The largest absolute Gasteiger partial charge is 0.493 e. The summed E-state index contributed by atoms with van der Waals surface area (Å²) < 4.78 is 146. The lowest BCUT2D eigenvalue weighted by Crippen LogP contribution is -2.10. The van der Waals surface area contributed by atoms with Crippen LogP contribution in [0.1, 0.15) is 230 Å². The van der Waals surface area contributed by atoms with Gasteiger partial charge in [-0.2, -0.15) is 26.3 Å². The van der Waals surface area contributed by atoms with Gasteiger partial charge in [-0.25, -0.2) is 9.97 Å². The maximum Gasteiger partial charge on any atom is 0.416 e. The summed E-state index contributed by atoms with van der Waals surface area (Å²) in [6.45, 7) is 20.5. The highest BCUT2D eigenvalue weighted by Gasteiger charge is 2.34. The fourth-order valence-electron chi connectivity index (χ4n) is 18.7. The number of hydrogen-bond acceptors (Lipinski definition) is 10. The molecule has 2 aliphatic heterocycles. The Morgan fingerprint density at radius 2 is 0.402 bits per heavy atom. The van der Waals surface area contributed by atoms with E-state index in [-0.39, 0.29) is 0 Å². The molecule has 2 N–H and O–H groups in total. The smallest absolute Gasteiger partial charge is 0.416 e. The number of benzene rings is 10. The van der Waals surface area contributed by atoms with Crippen molar-refractivity contribution in [3.63, 3.8) is 0 Å². The third-order valence-electron chi connectivity index (χ3n) is 24.5. The van der Waals surface area contributed by atoms with E-state index in [2.05, 4.69) is 199 Å². The second-order valence-electron chi connectivity index (χ2n) is 34.5. The van der Waals surface area contributed by atoms with Crippen LogP contribution in [-0.2, 0) is 63.7 Å². The molecule has 0 fully saturated rings. The summed E-state index contributed by atoms with van der Waals surface area (Å²) in [6, 6.07) is 65.2. The molecule has 12 nitrogen and oxygen atoms in total. The number of para-hydroxylation sites is 6. The second-order valence-corrected chi connectivity index (χ2v) is 34.5. The molecule has 132 heavy (non-hydrogen) atoms. The minimum atomic E-state index is -4.65. The number of fused-ring (bicyclic) bond motifs is 24. The maximum absolute atomic E-state index is 15.0. The van der Waals surface area contributed by atoms with Crippen LogP contribution in [0, 0.1) is 0 Å². The van der Waals surface area contributed by atoms with Crippen LogP contribution >= 0.6 is 0 Å². The predicted molar refractivity (Wildman–Crippen MR) is 518 cm³/mol. The molecule has 0 atom stereocenters. The number of nitrogens with one attached hydrogen (secondary N) is 2. The third kappa shape index (κ3) is 19.6. The van der Waals surface area contributed by atoms with Gasteiger partial charge in [0.25, 0.3) is 0 Å². The molecule has 4 aliphatic rings. The maximum atomic E-state index is 15.0. The highest BCUT2D eigenvalue weighted by Crippen LogP contribution is 2.49. The lowest BCUT2D eigenvalue weighted by atomic mass is 9.89. The van der Waals surface area contributed by atoms with Crippen molar-refractivity contribution in [2.24, 2.45) is 0 Å². The lowest BCUT2D eigenvalue weighted by Gasteiger charge is -2.23. The molecule has 13 aromatic rings. The molecule has 10 aromatic carbocycles. The SMILES string of the molecule is CCCOc1c2cccc1Cc1cccc(c1OCCC)Cc1cc(-c3c4nc(c(-c5ccc(C(F)(F)F)cc5)c5ccc([nH]5)c(-c5cc6c(OCCC)c(c5)Cc5cccc(c5OCCC)Cc5cccc(c5OCCC)Cc5cccc(c5OCCC)C6)c5nc(c(-c6ccc(C(F)(F)F)cc6)c6ccc3[nH]6)C=C5)C=C4)cc(c1OCCC)Cc1cccc(c1OCCC)C2. The molecule has 3 aromatic heterocycles. The number of ether oxygens (including phenoxy) is 8. The number of aromatic nitrogens is 4. The highest BCUT2D eigenvalue weighted by molar-refractivity contribution is 6.00. The summed E-state index contributed by atoms with van der Waals surface area (Å²) in [4.78, 5) is 19.3. The van der Waals surface area contributed by atoms with Gasteiger partial charge < -0.3 is 47.9 Å². The zero-order chi connectivity index (χ0) is 91.6. The Morgan fingerprint density at radius 1 is 0.227 bits per heavy atom. The Hall–Kier alpha value is -13.2. The standard InChI is InChI=1S/C114H112F6N4O8/c1-9-51-125-105-73-23-17-24-74(105)60-78-28-20-32-82(108(78)128-54-12-4)64-88-68-85(67-87(111(88)131-57-15-7)63-81-31-19-27-77(59-73)107(81)127-53-11-3)103-97-47-43-93(121-97)101(71-35-39-91(40-36-71)113(115,116)117)95-45-49-99(123-95)104(100-50-46-96(124-100)102(94-44-48-98(103)122-94)72-37-41-92(42-38-72)114(118,119)120)86-69-89-65-83-33-21-29-79(109(83)129-55-13-5)61-75-25-18-26-76(106(75)126-52-10-2)62-80-30-22-34-84(110(80)130-56-14-6)66-90(70-86)112(89)132-58-16-8/h17-50,67-70,121,124H,9-16,51-66H2,1-8H3. The fourth-order valence-corrected chi connectivity index (χ4v) is 18.7. The Bertz CT molecular complexity index is 6030. The molecular weight excluding hydrogens is 1670 g/mol. The third-order valence-corrected chi connectivity index (χ3v) is 24.5. The number of hydrogen-bond donors (Lipinski definition) is 2. The van der Waals surface area contributed by atoms with Crippen LogP contribution in [-0.4, -0.2) is 72.8 Å². The number of halogens is 6. The number of nitrogens with zero attached hydrogens (tertiary/aromatic N) is 2. The van der Waals surface area contributed by atoms with Crippen molar-refractivity contribution in [3.05, 3.63) is 329 Å². The van der Waals surface area contributed by atoms with Crippen molar-refractivity contribution in [1.82, 2.24) is 19.9 Å². The Labute approximate surface area is 769 Å². The minimum absolute atomic E-state index is 0.349. The van der Waals surface area contributed by atoms with Crippen LogP contribution < -0.4 is 37.9 Å². The molecule has 678 valence electrons. The first-order chi connectivity index (χ1) is 64.3. The van der Waals surface area contributed by atoms with E-state index in [9.17, 15) is 0 Å². The zero-order valence-corrected chi connectivity index (χ0v) is 76.3. The van der Waals surface area contributed by atoms with Crippen LogP contribution in [0.25, 0.3) is 90.9 Å². The van der Waals surface area contributed by atoms with Crippen molar-refractivity contribution in [3.8, 4) is 90.5 Å². The number of aromatic amines is 2. The average Bonchev–Trinajstić information content (AvgIpc) is 1.45. The van der Waals surface area contributed by atoms with Crippen LogP contribution in [0.5, 0.6) is 46.0 Å². The summed E-state index contributed by atoms with van der Waals surface area (Å²) in [7, 11) is 0. The van der Waals surface area contributed by atoms with Gasteiger partial charge in [0.15, 0.2) is 0 Å². The number of rotatable bonds is 28. The van der Waals surface area contributed by atoms with Gasteiger partial charge in [-0.15, -0.1) is 0 Å². The molecule has 0 spiro atoms. The average molecular weight is 1780 g/mol. The minimum Gasteiger partial charge on any atom is -0.493 e. The quantitative estimate of drug-likeness (QED) is 0.0457. The van der Waals surface area contributed by atoms with Crippen LogP contribution in [0.2, 0.25) is 0 Å². The fraction of sp³-hybridized carbons (Fsp3) is 0.298. The summed E-state index contributed by atoms with van der Waals surface area (Å²) in [5.74, 6) is 6.18. The normalized spacial score (nSPS) is 13.0. The van der Waals surface area contributed by atoms with Gasteiger partial charge in [0.05, 0.1) is 86.8 Å². The summed E-state index contributed by atoms with van der Waals surface area (Å²) in [6.07, 6.45) is 7.95. The van der Waals surface area contributed by atoms with E-state index in [1.807, 2.05) is 48.6 Å². The van der Waals surface area contributed by atoms with Crippen LogP contribution in [0.4, 0.5) is 26.3 Å². The molecule has 0 amide bonds. The Morgan fingerprint density at radius 3 is 0.583 bits per heavy atom. The monoisotopic (exact) mass is 1780 g/mol. The van der Waals surface area contributed by atoms with Crippen LogP contribution in [0.3, 0.4) is 0 Å². The Balaban J connectivity index is 0.963. The molecule has 17 rings (SSSR count). The molecule has 0 unspecified atom stereocenters. The van der Waals surface area contributed by atoms with Crippen molar-refractivity contribution >= 4 is 46.4 Å². The van der Waals surface area contributed by atoms with E-state index >= 15 is 26.3 Å². The van der Waals surface area contributed by atoms with E-state index in [0.717, 1.165) is 197 Å². The first kappa shape index (κ1) is 90.7. The molecule has 5 heterocycles. The van der Waals surface area contributed by atoms with E-state index < -0.39 is 23.5 Å². The van der Waals surface area contributed by atoms with Crippen molar-refractivity contribution in [1.29, 1.82) is 0 Å². The molecule has 2 aliphatic carbocycles. The van der Waals surface area contributed by atoms with Gasteiger partial charge in [0, 0.05) is 95.7 Å². The highest BCUT2D eigenvalue weighted by atomic mass is 19.4. The molecule has 0 radical (unpaired) electrons. The number of H-pyrrole nitrogens is 2. The topological polar surface area (TPSA) is 131 Å². The Kier molecular flexibility index (Phi) is 27.9. The molecule has 0 saturated carbocycles. The van der Waals surface area contributed by atoms with Gasteiger partial charge in [0.2, 0.25) is 0 Å². The molecule has 18 heteroatoms. The molecule has 24 bridgehead atoms. The van der Waals surface area contributed by atoms with Crippen molar-refractivity contribution in [2.45, 2.75) is 170 Å². The van der Waals surface area contributed by atoms with Gasteiger partial charge in [-0.3, -0.25) is 0 Å². The van der Waals surface area contributed by atoms with Gasteiger partial charge >= 0.3 is 12.4 Å². The van der Waals surface area contributed by atoms with E-state index in [1.165, 1.54) is 24.3 Å². The van der Waals surface area contributed by atoms with E-state index in [1.54, 1.807) is 0 Å². The zero-order valence-electron chi connectivity index (χ0n) is 76.3. The van der Waals surface area contributed by atoms with E-state index in [4.69, 9.17) is 47.9 Å². The first-order valence-electron chi connectivity index (χ1n) is 46.8. The van der Waals surface area contributed by atoms with Crippen molar-refractivity contribution < 1.29 is 64.2 Å². The molecule has 0 saturated heterocycles. The van der Waals surface area contributed by atoms with E-state index in [0.29, 0.717) is 207 Å². The number of alkyl halides is 6. The first-order valence-corrected chi connectivity index (χ1v) is 46.8. The molecular formula is C114H112F6N4O8. The van der Waals surface area contributed by atoms with Gasteiger partial charge in [-0.1, -0.05) is 189 Å². The lowest BCUT2D eigenvalue weighted by molar-refractivity contribution is -0.138. The van der Waals surface area contributed by atoms with Gasteiger partial charge in [-0.05, 0) is 260 Å². The summed E-state index contributed by atoms with van der Waals surface area (Å²) in [5.41, 5.74) is 22.3. The summed E-state index contributed by atoms with van der Waals surface area (Å²) >= 11 is 0. The second kappa shape index (κ2) is 40.7. The predicted octanol–water partition coefficient (Wildman–Crippen LogP) is 29.0. The van der Waals surface area contributed by atoms with Gasteiger partial charge in [0.1, 0.15) is 46.0 Å². The summed E-state index contributed by atoms with van der Waals surface area (Å²) in [5, 5.41) is 0.